The van der Waals surface area contributed by atoms with E-state index in [4.69, 9.17) is 5.73 Å². The quantitative estimate of drug-likeness (QED) is 0.834. The van der Waals surface area contributed by atoms with Gasteiger partial charge in [-0.3, -0.25) is 9.80 Å². The zero-order chi connectivity index (χ0) is 13.2. The number of rotatable bonds is 3. The van der Waals surface area contributed by atoms with Crippen LogP contribution in [-0.2, 0) is 0 Å². The third-order valence-electron chi connectivity index (χ3n) is 4.85. The van der Waals surface area contributed by atoms with Gasteiger partial charge in [-0.2, -0.15) is 0 Å². The number of hydrogen-bond acceptors (Lipinski definition) is 3. The van der Waals surface area contributed by atoms with Crippen LogP contribution in [0, 0.1) is 5.41 Å². The Kier molecular flexibility index (Phi) is 4.68. The summed E-state index contributed by atoms with van der Waals surface area (Å²) in [5.74, 6) is 0. The van der Waals surface area contributed by atoms with Gasteiger partial charge in [0, 0.05) is 44.8 Å². The second-order valence-corrected chi connectivity index (χ2v) is 7.13. The van der Waals surface area contributed by atoms with Gasteiger partial charge < -0.3 is 5.73 Å². The number of nitrogens with zero attached hydrogens (tertiary/aromatic N) is 2. The van der Waals surface area contributed by atoms with Gasteiger partial charge in [-0.25, -0.2) is 0 Å². The van der Waals surface area contributed by atoms with E-state index in [-0.39, 0.29) is 0 Å². The standard InChI is InChI=1S/C15H31N3/c1-15(2,3)14(12-16)18-10-8-17(9-11-18)13-6-4-5-7-13/h13-14H,4-12,16H2,1-3H3. The molecule has 1 unspecified atom stereocenters. The maximum absolute atomic E-state index is 5.99. The normalized spacial score (nSPS) is 26.7. The van der Waals surface area contributed by atoms with Crippen molar-refractivity contribution in [3.05, 3.63) is 0 Å². The Morgan fingerprint density at radius 3 is 2.06 bits per heavy atom. The van der Waals surface area contributed by atoms with Gasteiger partial charge in [0.2, 0.25) is 0 Å². The molecular weight excluding hydrogens is 222 g/mol. The van der Waals surface area contributed by atoms with Crippen LogP contribution in [0.25, 0.3) is 0 Å². The largest absolute Gasteiger partial charge is 0.329 e. The van der Waals surface area contributed by atoms with Crippen LogP contribution in [0.4, 0.5) is 0 Å². The highest BCUT2D eigenvalue weighted by molar-refractivity contribution is 4.89. The van der Waals surface area contributed by atoms with Crippen LogP contribution >= 0.6 is 0 Å². The minimum Gasteiger partial charge on any atom is -0.329 e. The molecule has 0 aromatic heterocycles. The van der Waals surface area contributed by atoms with Crippen molar-refractivity contribution >= 4 is 0 Å². The van der Waals surface area contributed by atoms with Crippen molar-refractivity contribution in [3.8, 4) is 0 Å². The lowest BCUT2D eigenvalue weighted by Crippen LogP contribution is -2.57. The van der Waals surface area contributed by atoms with Crippen LogP contribution < -0.4 is 5.73 Å². The van der Waals surface area contributed by atoms with E-state index in [2.05, 4.69) is 30.6 Å². The van der Waals surface area contributed by atoms with Crippen molar-refractivity contribution in [3.63, 3.8) is 0 Å². The average Bonchev–Trinajstić information content (AvgIpc) is 2.82. The molecule has 0 aromatic rings. The summed E-state index contributed by atoms with van der Waals surface area (Å²) >= 11 is 0. The zero-order valence-electron chi connectivity index (χ0n) is 12.5. The van der Waals surface area contributed by atoms with E-state index in [0.29, 0.717) is 11.5 Å². The molecule has 2 N–H and O–H groups in total. The minimum absolute atomic E-state index is 0.296. The van der Waals surface area contributed by atoms with E-state index in [0.717, 1.165) is 12.6 Å². The van der Waals surface area contributed by atoms with Crippen molar-refractivity contribution in [2.45, 2.75) is 58.5 Å². The molecular formula is C15H31N3. The van der Waals surface area contributed by atoms with E-state index in [1.54, 1.807) is 0 Å². The van der Waals surface area contributed by atoms with E-state index in [9.17, 15) is 0 Å². The first-order valence-electron chi connectivity index (χ1n) is 7.70. The molecule has 0 bridgehead atoms. The average molecular weight is 253 g/mol. The topological polar surface area (TPSA) is 32.5 Å². The molecule has 0 amide bonds. The Morgan fingerprint density at radius 1 is 1.06 bits per heavy atom. The van der Waals surface area contributed by atoms with Crippen LogP contribution in [-0.4, -0.2) is 54.6 Å². The van der Waals surface area contributed by atoms with Gasteiger partial charge in [0.05, 0.1) is 0 Å². The number of nitrogens with two attached hydrogens (primary N) is 1. The molecule has 18 heavy (non-hydrogen) atoms. The molecule has 0 spiro atoms. The Morgan fingerprint density at radius 2 is 1.61 bits per heavy atom. The summed E-state index contributed by atoms with van der Waals surface area (Å²) in [5, 5.41) is 0. The third-order valence-corrected chi connectivity index (χ3v) is 4.85. The summed E-state index contributed by atoms with van der Waals surface area (Å²) in [6.07, 6.45) is 5.75. The lowest BCUT2D eigenvalue weighted by Gasteiger charge is -2.45. The highest BCUT2D eigenvalue weighted by Gasteiger charge is 2.33. The van der Waals surface area contributed by atoms with Gasteiger partial charge in [0.1, 0.15) is 0 Å². The van der Waals surface area contributed by atoms with Crippen molar-refractivity contribution in [2.24, 2.45) is 11.1 Å². The maximum Gasteiger partial charge on any atom is 0.0267 e. The summed E-state index contributed by atoms with van der Waals surface area (Å²) in [6, 6.07) is 1.42. The Bertz CT molecular complexity index is 245. The monoisotopic (exact) mass is 253 g/mol. The summed E-state index contributed by atoms with van der Waals surface area (Å²) in [6.45, 7) is 12.6. The predicted molar refractivity (Wildman–Crippen MR) is 77.7 cm³/mol. The smallest absolute Gasteiger partial charge is 0.0267 e. The van der Waals surface area contributed by atoms with Gasteiger partial charge in [-0.1, -0.05) is 33.6 Å². The van der Waals surface area contributed by atoms with Gasteiger partial charge in [-0.05, 0) is 18.3 Å². The molecule has 3 nitrogen and oxygen atoms in total. The molecule has 1 saturated carbocycles. The first-order chi connectivity index (χ1) is 8.52. The molecule has 2 fully saturated rings. The number of piperazine rings is 1. The van der Waals surface area contributed by atoms with Gasteiger partial charge in [0.25, 0.3) is 0 Å². The molecule has 1 heterocycles. The summed E-state index contributed by atoms with van der Waals surface area (Å²) < 4.78 is 0. The Balaban J connectivity index is 1.85. The molecule has 1 atom stereocenters. The molecule has 1 aliphatic carbocycles. The SMILES string of the molecule is CC(C)(C)C(CN)N1CCN(C2CCCC2)CC1. The second kappa shape index (κ2) is 5.89. The van der Waals surface area contributed by atoms with Crippen molar-refractivity contribution in [1.29, 1.82) is 0 Å². The van der Waals surface area contributed by atoms with Gasteiger partial charge in [-0.15, -0.1) is 0 Å². The third kappa shape index (κ3) is 3.25. The first kappa shape index (κ1) is 14.3. The summed E-state index contributed by atoms with van der Waals surface area (Å²) in [5.41, 5.74) is 6.29. The Labute approximate surface area is 113 Å². The van der Waals surface area contributed by atoms with Crippen molar-refractivity contribution in [2.75, 3.05) is 32.7 Å². The van der Waals surface area contributed by atoms with Gasteiger partial charge >= 0.3 is 0 Å². The van der Waals surface area contributed by atoms with Crippen LogP contribution in [0.3, 0.4) is 0 Å². The molecule has 3 heteroatoms. The zero-order valence-corrected chi connectivity index (χ0v) is 12.5. The number of hydrogen-bond donors (Lipinski definition) is 1. The highest BCUT2D eigenvalue weighted by Crippen LogP contribution is 2.27. The lowest BCUT2D eigenvalue weighted by molar-refractivity contribution is 0.0346. The molecule has 1 aliphatic heterocycles. The fraction of sp³-hybridized carbons (Fsp3) is 1.00. The summed E-state index contributed by atoms with van der Waals surface area (Å²) in [7, 11) is 0. The molecule has 1 saturated heterocycles. The van der Waals surface area contributed by atoms with Crippen LogP contribution in [0.2, 0.25) is 0 Å². The van der Waals surface area contributed by atoms with Crippen LogP contribution in [0.5, 0.6) is 0 Å². The maximum atomic E-state index is 5.99. The second-order valence-electron chi connectivity index (χ2n) is 7.13. The molecule has 0 aromatic carbocycles. The minimum atomic E-state index is 0.296. The van der Waals surface area contributed by atoms with E-state index < -0.39 is 0 Å². The van der Waals surface area contributed by atoms with Crippen molar-refractivity contribution < 1.29 is 0 Å². The lowest BCUT2D eigenvalue weighted by atomic mass is 9.85. The molecule has 2 rings (SSSR count). The van der Waals surface area contributed by atoms with Crippen molar-refractivity contribution in [1.82, 2.24) is 9.80 Å². The fourth-order valence-electron chi connectivity index (χ4n) is 3.73. The molecule has 106 valence electrons. The van der Waals surface area contributed by atoms with E-state index in [1.165, 1.54) is 51.9 Å². The predicted octanol–water partition coefficient (Wildman–Crippen LogP) is 1.92. The fourth-order valence-corrected chi connectivity index (χ4v) is 3.73. The first-order valence-corrected chi connectivity index (χ1v) is 7.70. The Hall–Kier alpha value is -0.120. The van der Waals surface area contributed by atoms with E-state index >= 15 is 0 Å². The highest BCUT2D eigenvalue weighted by atomic mass is 15.3. The van der Waals surface area contributed by atoms with Gasteiger partial charge in [0.15, 0.2) is 0 Å². The molecule has 2 aliphatic rings. The summed E-state index contributed by atoms with van der Waals surface area (Å²) in [4.78, 5) is 5.34. The van der Waals surface area contributed by atoms with E-state index in [1.807, 2.05) is 0 Å². The molecule has 0 radical (unpaired) electrons. The van der Waals surface area contributed by atoms with Crippen LogP contribution in [0.1, 0.15) is 46.5 Å². The van der Waals surface area contributed by atoms with Crippen LogP contribution in [0.15, 0.2) is 0 Å².